The van der Waals surface area contributed by atoms with Gasteiger partial charge in [0.05, 0.1) is 43.1 Å². The predicted octanol–water partition coefficient (Wildman–Crippen LogP) is 5.48. The Labute approximate surface area is 217 Å². The van der Waals surface area contributed by atoms with Crippen molar-refractivity contribution in [3.05, 3.63) is 114 Å². The lowest BCUT2D eigenvalue weighted by Crippen LogP contribution is -2.28. The molecule has 37 heavy (non-hydrogen) atoms. The number of hydrogen-bond donors (Lipinski definition) is 0. The number of likely N-dealkylation sites (tertiary alicyclic amines) is 1. The van der Waals surface area contributed by atoms with E-state index in [0.717, 1.165) is 47.9 Å². The van der Waals surface area contributed by atoms with Crippen LogP contribution in [0, 0.1) is 6.92 Å². The van der Waals surface area contributed by atoms with Crippen LogP contribution in [-0.4, -0.2) is 49.6 Å². The van der Waals surface area contributed by atoms with Gasteiger partial charge < -0.3 is 9.30 Å². The molecule has 3 heterocycles. The molecule has 1 saturated heterocycles. The Kier molecular flexibility index (Phi) is 6.28. The largest absolute Gasteiger partial charge is 0.495 e. The molecule has 5 aromatic rings. The molecule has 186 valence electrons. The number of hydrogen-bond acceptors (Lipinski definition) is 5. The number of aryl methyl sites for hydroxylation is 1. The van der Waals surface area contributed by atoms with Crippen molar-refractivity contribution in [1.82, 2.24) is 29.4 Å². The van der Waals surface area contributed by atoms with Crippen LogP contribution in [0.15, 0.2) is 97.6 Å². The molecule has 1 fully saturated rings. The number of imidazole rings is 1. The van der Waals surface area contributed by atoms with Crippen molar-refractivity contribution in [3.63, 3.8) is 0 Å². The van der Waals surface area contributed by atoms with Gasteiger partial charge in [0.15, 0.2) is 0 Å². The lowest BCUT2D eigenvalue weighted by atomic mass is 9.97. The van der Waals surface area contributed by atoms with E-state index in [1.165, 1.54) is 11.1 Å². The normalized spacial score (nSPS) is 15.9. The maximum atomic E-state index is 5.69. The molecule has 3 aromatic carbocycles. The molecule has 1 unspecified atom stereocenters. The second kappa shape index (κ2) is 10.0. The van der Waals surface area contributed by atoms with E-state index in [9.17, 15) is 0 Å². The smallest absolute Gasteiger partial charge is 0.143 e. The Morgan fingerprint density at radius 1 is 0.919 bits per heavy atom. The summed E-state index contributed by atoms with van der Waals surface area (Å²) in [5, 5.41) is 9.06. The zero-order valence-corrected chi connectivity index (χ0v) is 21.1. The molecule has 6 rings (SSSR count). The predicted molar refractivity (Wildman–Crippen MR) is 144 cm³/mol. The SMILES string of the molecule is COc1cc(-c2cn(C3CCN(C(c4ccccc4)c4ccccc4)C3)nn2)ccc1-n1cnc(C)c1. The summed E-state index contributed by atoms with van der Waals surface area (Å²) in [6, 6.07) is 28.1. The molecule has 7 nitrogen and oxygen atoms in total. The summed E-state index contributed by atoms with van der Waals surface area (Å²) in [5.41, 5.74) is 6.35. The Morgan fingerprint density at radius 2 is 1.65 bits per heavy atom. The fraction of sp³-hybridized carbons (Fsp3) is 0.233. The molecule has 0 saturated carbocycles. The first-order chi connectivity index (χ1) is 18.2. The second-order valence-electron chi connectivity index (χ2n) is 9.55. The molecule has 1 atom stereocenters. The van der Waals surface area contributed by atoms with Crippen molar-refractivity contribution < 1.29 is 4.74 Å². The second-order valence-corrected chi connectivity index (χ2v) is 9.55. The number of rotatable bonds is 7. The average molecular weight is 491 g/mol. The molecule has 1 aliphatic rings. The Bertz CT molecular complexity index is 1440. The van der Waals surface area contributed by atoms with E-state index >= 15 is 0 Å². The maximum absolute atomic E-state index is 5.69. The van der Waals surface area contributed by atoms with Crippen molar-refractivity contribution in [2.75, 3.05) is 20.2 Å². The van der Waals surface area contributed by atoms with E-state index in [0.29, 0.717) is 0 Å². The zero-order valence-electron chi connectivity index (χ0n) is 21.1. The number of aromatic nitrogens is 5. The topological polar surface area (TPSA) is 61.0 Å². The first-order valence-electron chi connectivity index (χ1n) is 12.6. The Hall–Kier alpha value is -4.23. The molecule has 0 radical (unpaired) electrons. The monoisotopic (exact) mass is 490 g/mol. The summed E-state index contributed by atoms with van der Waals surface area (Å²) in [6.45, 7) is 3.89. The van der Waals surface area contributed by atoms with Crippen LogP contribution in [0.1, 0.15) is 35.3 Å². The van der Waals surface area contributed by atoms with Gasteiger partial charge >= 0.3 is 0 Å². The Balaban J connectivity index is 1.23. The average Bonchev–Trinajstić information content (AvgIpc) is 3.71. The van der Waals surface area contributed by atoms with Crippen molar-refractivity contribution in [2.45, 2.75) is 25.4 Å². The maximum Gasteiger partial charge on any atom is 0.143 e. The minimum Gasteiger partial charge on any atom is -0.495 e. The quantitative estimate of drug-likeness (QED) is 0.302. The van der Waals surface area contributed by atoms with E-state index in [2.05, 4.69) is 93.1 Å². The van der Waals surface area contributed by atoms with Crippen LogP contribution in [0.25, 0.3) is 16.9 Å². The van der Waals surface area contributed by atoms with E-state index < -0.39 is 0 Å². The van der Waals surface area contributed by atoms with E-state index in [-0.39, 0.29) is 12.1 Å². The van der Waals surface area contributed by atoms with Crippen LogP contribution >= 0.6 is 0 Å². The molecule has 0 N–H and O–H groups in total. The van der Waals surface area contributed by atoms with Gasteiger partial charge in [-0.3, -0.25) is 4.90 Å². The van der Waals surface area contributed by atoms with Crippen LogP contribution < -0.4 is 4.74 Å². The molecular weight excluding hydrogens is 460 g/mol. The molecule has 0 spiro atoms. The van der Waals surface area contributed by atoms with E-state index in [4.69, 9.17) is 4.74 Å². The Morgan fingerprint density at radius 3 is 2.30 bits per heavy atom. The van der Waals surface area contributed by atoms with Crippen LogP contribution in [0.3, 0.4) is 0 Å². The van der Waals surface area contributed by atoms with E-state index in [1.54, 1.807) is 13.4 Å². The molecule has 7 heteroatoms. The zero-order chi connectivity index (χ0) is 25.2. The highest BCUT2D eigenvalue weighted by atomic mass is 16.5. The minimum atomic E-state index is 0.221. The summed E-state index contributed by atoms with van der Waals surface area (Å²) in [7, 11) is 1.69. The minimum absolute atomic E-state index is 0.221. The lowest BCUT2D eigenvalue weighted by Gasteiger charge is -2.29. The first-order valence-corrected chi connectivity index (χ1v) is 12.6. The number of methoxy groups -OCH3 is 1. The third kappa shape index (κ3) is 4.66. The third-order valence-electron chi connectivity index (χ3n) is 7.14. The first kappa shape index (κ1) is 23.2. The molecule has 2 aromatic heterocycles. The number of benzene rings is 3. The summed E-state index contributed by atoms with van der Waals surface area (Å²) >= 11 is 0. The highest BCUT2D eigenvalue weighted by molar-refractivity contribution is 5.64. The van der Waals surface area contributed by atoms with Gasteiger partial charge in [0.2, 0.25) is 0 Å². The van der Waals surface area contributed by atoms with Crippen molar-refractivity contribution in [1.29, 1.82) is 0 Å². The third-order valence-corrected chi connectivity index (χ3v) is 7.14. The molecule has 0 amide bonds. The van der Waals surface area contributed by atoms with Gasteiger partial charge in [-0.15, -0.1) is 5.10 Å². The fourth-order valence-electron chi connectivity index (χ4n) is 5.29. The molecule has 0 aliphatic carbocycles. The van der Waals surface area contributed by atoms with Gasteiger partial charge in [-0.25, -0.2) is 9.67 Å². The van der Waals surface area contributed by atoms with Gasteiger partial charge in [0, 0.05) is 24.8 Å². The van der Waals surface area contributed by atoms with Gasteiger partial charge in [-0.2, -0.15) is 0 Å². The van der Waals surface area contributed by atoms with Crippen molar-refractivity contribution in [3.8, 4) is 22.7 Å². The highest BCUT2D eigenvalue weighted by Gasteiger charge is 2.31. The fourth-order valence-corrected chi connectivity index (χ4v) is 5.29. The van der Waals surface area contributed by atoms with Crippen LogP contribution in [0.5, 0.6) is 5.75 Å². The number of ether oxygens (including phenoxy) is 1. The van der Waals surface area contributed by atoms with Crippen LogP contribution in [0.2, 0.25) is 0 Å². The summed E-state index contributed by atoms with van der Waals surface area (Å²) in [5.74, 6) is 0.769. The van der Waals surface area contributed by atoms with Crippen LogP contribution in [-0.2, 0) is 0 Å². The van der Waals surface area contributed by atoms with Gasteiger partial charge in [0.25, 0.3) is 0 Å². The summed E-state index contributed by atoms with van der Waals surface area (Å²) in [6.07, 6.45) is 6.87. The lowest BCUT2D eigenvalue weighted by molar-refractivity contribution is 0.266. The summed E-state index contributed by atoms with van der Waals surface area (Å²) < 4.78 is 9.69. The van der Waals surface area contributed by atoms with Gasteiger partial charge in [-0.1, -0.05) is 71.9 Å². The van der Waals surface area contributed by atoms with E-state index in [1.807, 2.05) is 34.5 Å². The van der Waals surface area contributed by atoms with Gasteiger partial charge in [0.1, 0.15) is 11.4 Å². The molecular formula is C30H30N6O. The molecule has 1 aliphatic heterocycles. The van der Waals surface area contributed by atoms with Crippen molar-refractivity contribution in [2.24, 2.45) is 0 Å². The van der Waals surface area contributed by atoms with Crippen LogP contribution in [0.4, 0.5) is 0 Å². The number of nitrogens with zero attached hydrogens (tertiary/aromatic N) is 6. The van der Waals surface area contributed by atoms with Gasteiger partial charge in [-0.05, 0) is 36.6 Å². The highest BCUT2D eigenvalue weighted by Crippen LogP contribution is 2.35. The standard InChI is InChI=1S/C30H30N6O/c1-22-18-35(21-31-22)28-14-13-25(17-29(28)37-2)27-20-36(33-32-27)26-15-16-34(19-26)30(23-9-5-3-6-10-23)24-11-7-4-8-12-24/h3-14,17-18,20-21,26,30H,15-16,19H2,1-2H3. The summed E-state index contributed by atoms with van der Waals surface area (Å²) in [4.78, 5) is 6.89. The van der Waals surface area contributed by atoms with Crippen molar-refractivity contribution >= 4 is 0 Å². The molecule has 0 bridgehead atoms.